The highest BCUT2D eigenvalue weighted by molar-refractivity contribution is 6.12. The lowest BCUT2D eigenvalue weighted by molar-refractivity contribution is 0.0697. The third kappa shape index (κ3) is 3.87. The molecule has 0 spiro atoms. The summed E-state index contributed by atoms with van der Waals surface area (Å²) in [7, 11) is 0. The summed E-state index contributed by atoms with van der Waals surface area (Å²) in [5, 5.41) is 22.7. The lowest BCUT2D eigenvalue weighted by Crippen LogP contribution is -2.16. The Morgan fingerprint density at radius 1 is 1.00 bits per heavy atom. The highest BCUT2D eigenvalue weighted by Crippen LogP contribution is 2.47. The first kappa shape index (κ1) is 23.0. The van der Waals surface area contributed by atoms with Gasteiger partial charge in [0.05, 0.1) is 5.56 Å². The summed E-state index contributed by atoms with van der Waals surface area (Å²) in [6.07, 6.45) is 10.2. The first-order chi connectivity index (χ1) is 17.8. The Labute approximate surface area is 213 Å². The zero-order valence-corrected chi connectivity index (χ0v) is 20.6. The Morgan fingerprint density at radius 3 is 2.59 bits per heavy atom. The van der Waals surface area contributed by atoms with Crippen LogP contribution in [0.3, 0.4) is 0 Å². The highest BCUT2D eigenvalue weighted by atomic mass is 16.4. The number of rotatable bonds is 4. The number of carboxylic acid groups (broad SMARTS) is 1. The van der Waals surface area contributed by atoms with Crippen molar-refractivity contribution in [3.63, 3.8) is 0 Å². The van der Waals surface area contributed by atoms with E-state index in [-0.39, 0.29) is 28.6 Å². The van der Waals surface area contributed by atoms with Gasteiger partial charge in [-0.15, -0.1) is 0 Å². The van der Waals surface area contributed by atoms with Crippen LogP contribution >= 0.6 is 0 Å². The molecule has 0 aliphatic heterocycles. The van der Waals surface area contributed by atoms with Crippen LogP contribution in [0.4, 0.5) is 0 Å². The molecule has 4 aromatic rings. The maximum atomic E-state index is 12.5. The molecule has 1 heterocycles. The molecule has 0 bridgehead atoms. The molecule has 0 saturated heterocycles. The van der Waals surface area contributed by atoms with Crippen molar-refractivity contribution in [1.82, 2.24) is 0 Å². The second-order valence-corrected chi connectivity index (χ2v) is 10.3. The molecule has 0 fully saturated rings. The van der Waals surface area contributed by atoms with Gasteiger partial charge in [0, 0.05) is 33.7 Å². The van der Waals surface area contributed by atoms with Gasteiger partial charge in [-0.1, -0.05) is 50.3 Å². The molecule has 2 aliphatic carbocycles. The van der Waals surface area contributed by atoms with Crippen LogP contribution in [0.15, 0.2) is 87.8 Å². The Balaban J connectivity index is 1.72. The molecule has 184 valence electrons. The van der Waals surface area contributed by atoms with E-state index in [0.717, 1.165) is 39.3 Å². The average Bonchev–Trinajstić information content (AvgIpc) is 2.86. The summed E-state index contributed by atoms with van der Waals surface area (Å²) < 4.78 is 6.62. The second-order valence-electron chi connectivity index (χ2n) is 10.3. The number of aromatic carboxylic acids is 1. The Morgan fingerprint density at radius 2 is 1.81 bits per heavy atom. The smallest absolute Gasteiger partial charge is 0.336 e. The molecule has 5 nitrogen and oxygen atoms in total. The van der Waals surface area contributed by atoms with Gasteiger partial charge in [-0.3, -0.25) is 4.79 Å². The number of hydrogen-bond acceptors (Lipinski definition) is 4. The number of aliphatic hydroxyl groups is 1. The number of fused-ring (bicyclic) bond motifs is 6. The zero-order chi connectivity index (χ0) is 25.8. The molecule has 2 atom stereocenters. The maximum Gasteiger partial charge on any atom is 0.336 e. The summed E-state index contributed by atoms with van der Waals surface area (Å²) in [5.41, 5.74) is 3.99. The van der Waals surface area contributed by atoms with Gasteiger partial charge in [-0.2, -0.15) is 0 Å². The SMILES string of the molecule is CC(C)Cc1ccc(-c2c3c(oc4c2ccc2cc(=O)ccc24)C2C=CC(O)=CC2C=C3)c(C(=O)O)c1. The van der Waals surface area contributed by atoms with Gasteiger partial charge in [-0.25, -0.2) is 4.79 Å². The number of aliphatic hydroxyl groups excluding tert-OH is 1. The lowest BCUT2D eigenvalue weighted by atomic mass is 9.77. The van der Waals surface area contributed by atoms with Crippen molar-refractivity contribution in [3.05, 3.63) is 111 Å². The molecule has 0 saturated carbocycles. The Bertz CT molecular complexity index is 1750. The van der Waals surface area contributed by atoms with Crippen molar-refractivity contribution in [1.29, 1.82) is 0 Å². The van der Waals surface area contributed by atoms with Crippen LogP contribution in [0.25, 0.3) is 38.9 Å². The number of carbonyl (C=O) groups is 1. The molecule has 37 heavy (non-hydrogen) atoms. The molecule has 2 unspecified atom stereocenters. The average molecular weight is 491 g/mol. The van der Waals surface area contributed by atoms with E-state index in [0.29, 0.717) is 22.8 Å². The fraction of sp³-hybridized carbons (Fsp3) is 0.188. The minimum atomic E-state index is -0.983. The number of carboxylic acids is 1. The number of benzene rings is 3. The first-order valence-corrected chi connectivity index (χ1v) is 12.5. The van der Waals surface area contributed by atoms with E-state index in [1.165, 1.54) is 6.07 Å². The van der Waals surface area contributed by atoms with E-state index in [4.69, 9.17) is 4.42 Å². The largest absolute Gasteiger partial charge is 0.508 e. The minimum absolute atomic E-state index is 0.0814. The lowest BCUT2D eigenvalue weighted by Gasteiger charge is -2.29. The third-order valence-electron chi connectivity index (χ3n) is 7.23. The van der Waals surface area contributed by atoms with E-state index in [1.54, 1.807) is 30.4 Å². The van der Waals surface area contributed by atoms with Crippen molar-refractivity contribution in [2.24, 2.45) is 11.8 Å². The number of hydrogen-bond donors (Lipinski definition) is 2. The summed E-state index contributed by atoms with van der Waals surface area (Å²) in [6.45, 7) is 4.22. The second kappa shape index (κ2) is 8.63. The van der Waals surface area contributed by atoms with Gasteiger partial charge in [0.1, 0.15) is 17.1 Å². The molecule has 0 amide bonds. The summed E-state index contributed by atoms with van der Waals surface area (Å²) in [5.74, 6) is 0.0946. The van der Waals surface area contributed by atoms with Crippen LogP contribution in [-0.2, 0) is 6.42 Å². The quantitative estimate of drug-likeness (QED) is 0.294. The molecule has 0 radical (unpaired) electrons. The van der Waals surface area contributed by atoms with Gasteiger partial charge >= 0.3 is 5.97 Å². The highest BCUT2D eigenvalue weighted by Gasteiger charge is 2.32. The third-order valence-corrected chi connectivity index (χ3v) is 7.23. The summed E-state index contributed by atoms with van der Waals surface area (Å²) >= 11 is 0. The molecule has 5 heteroatoms. The van der Waals surface area contributed by atoms with Crippen molar-refractivity contribution >= 4 is 33.8 Å². The predicted molar refractivity (Wildman–Crippen MR) is 146 cm³/mol. The first-order valence-electron chi connectivity index (χ1n) is 12.5. The van der Waals surface area contributed by atoms with Gasteiger partial charge in [0.15, 0.2) is 5.43 Å². The molecule has 2 N–H and O–H groups in total. The van der Waals surface area contributed by atoms with Gasteiger partial charge in [0.2, 0.25) is 0 Å². The molecule has 3 aromatic carbocycles. The molecule has 6 rings (SSSR count). The van der Waals surface area contributed by atoms with Crippen molar-refractivity contribution in [2.45, 2.75) is 26.2 Å². The van der Waals surface area contributed by atoms with E-state index < -0.39 is 5.97 Å². The van der Waals surface area contributed by atoms with E-state index in [1.807, 2.05) is 42.5 Å². The van der Waals surface area contributed by atoms with Gasteiger partial charge in [0.25, 0.3) is 0 Å². The van der Waals surface area contributed by atoms with Crippen LogP contribution in [0.1, 0.15) is 47.0 Å². The van der Waals surface area contributed by atoms with E-state index >= 15 is 0 Å². The predicted octanol–water partition coefficient (Wildman–Crippen LogP) is 7.25. The number of allylic oxidation sites excluding steroid dienone is 4. The van der Waals surface area contributed by atoms with Crippen LogP contribution in [-0.4, -0.2) is 16.2 Å². The van der Waals surface area contributed by atoms with Gasteiger partial charge < -0.3 is 14.6 Å². The standard InChI is InChI=1S/C32H26O5/c1-17(2)13-18-3-8-25(28(14-18)32(35)36)29-26-9-4-19-15-21(33)6-11-23(19)30(26)37-31-24-12-7-22(34)16-20(24)5-10-27(29)31/h3-12,14-17,19,23,33H,13H2,1-2H3,(H,35,36). The van der Waals surface area contributed by atoms with Crippen LogP contribution < -0.4 is 5.43 Å². The van der Waals surface area contributed by atoms with E-state index in [2.05, 4.69) is 13.8 Å². The zero-order valence-electron chi connectivity index (χ0n) is 20.6. The topological polar surface area (TPSA) is 87.7 Å². The maximum absolute atomic E-state index is 12.5. The van der Waals surface area contributed by atoms with Crippen LogP contribution in [0, 0.1) is 11.8 Å². The fourth-order valence-electron chi connectivity index (χ4n) is 5.64. The molecule has 2 aliphatic rings. The summed E-state index contributed by atoms with van der Waals surface area (Å²) in [4.78, 5) is 24.6. The van der Waals surface area contributed by atoms with Crippen molar-refractivity contribution < 1.29 is 19.4 Å². The van der Waals surface area contributed by atoms with Crippen LogP contribution in [0.5, 0.6) is 0 Å². The van der Waals surface area contributed by atoms with Crippen LogP contribution in [0.2, 0.25) is 0 Å². The molecular formula is C32H26O5. The fourth-order valence-corrected chi connectivity index (χ4v) is 5.64. The van der Waals surface area contributed by atoms with Crippen molar-refractivity contribution in [2.75, 3.05) is 0 Å². The summed E-state index contributed by atoms with van der Waals surface area (Å²) in [6, 6.07) is 14.3. The monoisotopic (exact) mass is 490 g/mol. The van der Waals surface area contributed by atoms with E-state index in [9.17, 15) is 19.8 Å². The van der Waals surface area contributed by atoms with Gasteiger partial charge in [-0.05, 0) is 71.3 Å². The molecule has 1 aromatic heterocycles. The van der Waals surface area contributed by atoms with Crippen molar-refractivity contribution in [3.8, 4) is 11.1 Å². The Kier molecular flexibility index (Phi) is 5.37. The Hall–Kier alpha value is -4.38. The molecular weight excluding hydrogens is 464 g/mol. The normalized spacial score (nSPS) is 18.2. The minimum Gasteiger partial charge on any atom is -0.508 e.